The zero-order valence-electron chi connectivity index (χ0n) is 12.3. The van der Waals surface area contributed by atoms with Crippen molar-refractivity contribution in [2.24, 2.45) is 5.92 Å². The first-order valence-corrected chi connectivity index (χ1v) is 7.83. The molecule has 1 aromatic heterocycles. The second-order valence-corrected chi connectivity index (χ2v) is 5.65. The van der Waals surface area contributed by atoms with Gasteiger partial charge in [-0.3, -0.25) is 0 Å². The number of nitrogens with one attached hydrogen (secondary N) is 2. The summed E-state index contributed by atoms with van der Waals surface area (Å²) in [5.41, 5.74) is 0. The molecule has 2 heterocycles. The Kier molecular flexibility index (Phi) is 5.86. The van der Waals surface area contributed by atoms with E-state index in [4.69, 9.17) is 11.6 Å². The fraction of sp³-hybridized carbons (Fsp3) is 0.714. The Morgan fingerprint density at radius 1 is 1.40 bits per heavy atom. The van der Waals surface area contributed by atoms with Gasteiger partial charge in [-0.05, 0) is 31.8 Å². The topological polar surface area (TPSA) is 53.1 Å². The van der Waals surface area contributed by atoms with Crippen LogP contribution in [0.4, 0.5) is 11.8 Å². The lowest BCUT2D eigenvalue weighted by molar-refractivity contribution is 0.345. The van der Waals surface area contributed by atoms with Crippen molar-refractivity contribution in [3.63, 3.8) is 0 Å². The molecular weight excluding hydrogens is 274 g/mol. The molecule has 6 heteroatoms. The number of halogens is 1. The molecule has 0 radical (unpaired) electrons. The van der Waals surface area contributed by atoms with Gasteiger partial charge in [0.25, 0.3) is 0 Å². The lowest BCUT2D eigenvalue weighted by atomic mass is 10.1. The van der Waals surface area contributed by atoms with Crippen molar-refractivity contribution < 1.29 is 0 Å². The standard InChI is InChI=1S/C14H24ClN5/c1-3-6-16-14-18-9-12(15)13(19-14)17-8-11-5-7-20(4-2)10-11/h9,11H,3-8,10H2,1-2H3,(H2,16,17,18,19). The molecule has 1 aliphatic rings. The average Bonchev–Trinajstić information content (AvgIpc) is 2.93. The minimum atomic E-state index is 0.581. The van der Waals surface area contributed by atoms with Gasteiger partial charge < -0.3 is 15.5 Å². The molecule has 1 atom stereocenters. The van der Waals surface area contributed by atoms with Crippen LogP contribution in [0, 0.1) is 5.92 Å². The monoisotopic (exact) mass is 297 g/mol. The highest BCUT2D eigenvalue weighted by Crippen LogP contribution is 2.21. The molecule has 0 saturated carbocycles. The average molecular weight is 298 g/mol. The Morgan fingerprint density at radius 3 is 2.95 bits per heavy atom. The summed E-state index contributed by atoms with van der Waals surface area (Å²) in [6.45, 7) is 9.60. The van der Waals surface area contributed by atoms with Gasteiger partial charge >= 0.3 is 0 Å². The zero-order valence-corrected chi connectivity index (χ0v) is 13.1. The van der Waals surface area contributed by atoms with Gasteiger partial charge in [0.2, 0.25) is 5.95 Å². The number of hydrogen-bond acceptors (Lipinski definition) is 5. The Hall–Kier alpha value is -1.07. The van der Waals surface area contributed by atoms with Crippen molar-refractivity contribution in [3.8, 4) is 0 Å². The summed E-state index contributed by atoms with van der Waals surface area (Å²) in [4.78, 5) is 11.1. The van der Waals surface area contributed by atoms with Crippen LogP contribution in [0.3, 0.4) is 0 Å². The van der Waals surface area contributed by atoms with E-state index in [1.54, 1.807) is 6.20 Å². The second kappa shape index (κ2) is 7.64. The molecule has 0 spiro atoms. The first-order valence-electron chi connectivity index (χ1n) is 7.45. The third-order valence-electron chi connectivity index (χ3n) is 3.65. The maximum absolute atomic E-state index is 6.15. The minimum Gasteiger partial charge on any atom is -0.368 e. The van der Waals surface area contributed by atoms with Gasteiger partial charge in [-0.25, -0.2) is 4.98 Å². The second-order valence-electron chi connectivity index (χ2n) is 5.25. The molecule has 0 aromatic carbocycles. The van der Waals surface area contributed by atoms with Crippen LogP contribution in [0.15, 0.2) is 6.20 Å². The summed E-state index contributed by atoms with van der Waals surface area (Å²) in [7, 11) is 0. The van der Waals surface area contributed by atoms with E-state index in [2.05, 4.69) is 39.3 Å². The summed E-state index contributed by atoms with van der Waals surface area (Å²) in [6, 6.07) is 0. The highest BCUT2D eigenvalue weighted by atomic mass is 35.5. The minimum absolute atomic E-state index is 0.581. The van der Waals surface area contributed by atoms with Crippen molar-refractivity contribution >= 4 is 23.4 Å². The van der Waals surface area contributed by atoms with Crippen molar-refractivity contribution in [2.45, 2.75) is 26.7 Å². The van der Waals surface area contributed by atoms with Crippen LogP contribution in [0.25, 0.3) is 0 Å². The summed E-state index contributed by atoms with van der Waals surface area (Å²) in [5, 5.41) is 7.12. The molecule has 0 bridgehead atoms. The van der Waals surface area contributed by atoms with Gasteiger partial charge in [0, 0.05) is 19.6 Å². The highest BCUT2D eigenvalue weighted by molar-refractivity contribution is 6.32. The number of rotatable bonds is 7. The van der Waals surface area contributed by atoms with E-state index in [0.29, 0.717) is 16.9 Å². The van der Waals surface area contributed by atoms with Crippen molar-refractivity contribution in [1.82, 2.24) is 14.9 Å². The first kappa shape index (κ1) is 15.3. The molecule has 0 amide bonds. The lowest BCUT2D eigenvalue weighted by Crippen LogP contribution is -2.22. The quantitative estimate of drug-likeness (QED) is 0.810. The number of anilines is 2. The zero-order chi connectivity index (χ0) is 14.4. The predicted octanol–water partition coefficient (Wildman–Crippen LogP) is 2.71. The van der Waals surface area contributed by atoms with Gasteiger partial charge in [-0.15, -0.1) is 0 Å². The predicted molar refractivity (Wildman–Crippen MR) is 84.5 cm³/mol. The number of hydrogen-bond donors (Lipinski definition) is 2. The fourth-order valence-corrected chi connectivity index (χ4v) is 2.58. The van der Waals surface area contributed by atoms with E-state index in [1.807, 2.05) is 0 Å². The third-order valence-corrected chi connectivity index (χ3v) is 3.93. The summed E-state index contributed by atoms with van der Waals surface area (Å²) in [6.07, 6.45) is 3.94. The molecule has 20 heavy (non-hydrogen) atoms. The number of likely N-dealkylation sites (tertiary alicyclic amines) is 1. The Morgan fingerprint density at radius 2 is 2.25 bits per heavy atom. The Labute approximate surface area is 126 Å². The van der Waals surface area contributed by atoms with Crippen LogP contribution in [-0.4, -0.2) is 47.6 Å². The first-order chi connectivity index (χ1) is 9.72. The van der Waals surface area contributed by atoms with Crippen LogP contribution in [0.2, 0.25) is 5.02 Å². The molecule has 1 saturated heterocycles. The van der Waals surface area contributed by atoms with E-state index < -0.39 is 0 Å². The molecule has 1 aromatic rings. The largest absolute Gasteiger partial charge is 0.368 e. The molecule has 1 unspecified atom stereocenters. The van der Waals surface area contributed by atoms with Crippen molar-refractivity contribution in [1.29, 1.82) is 0 Å². The van der Waals surface area contributed by atoms with Crippen molar-refractivity contribution in [2.75, 3.05) is 43.4 Å². The van der Waals surface area contributed by atoms with Gasteiger partial charge in [0.15, 0.2) is 0 Å². The lowest BCUT2D eigenvalue weighted by Gasteiger charge is -2.15. The van der Waals surface area contributed by atoms with E-state index in [0.717, 1.165) is 38.4 Å². The molecular formula is C14H24ClN5. The fourth-order valence-electron chi connectivity index (χ4n) is 2.42. The smallest absolute Gasteiger partial charge is 0.224 e. The Bertz CT molecular complexity index is 426. The molecule has 0 aliphatic carbocycles. The van der Waals surface area contributed by atoms with Crippen LogP contribution in [0.1, 0.15) is 26.7 Å². The van der Waals surface area contributed by atoms with E-state index >= 15 is 0 Å². The summed E-state index contributed by atoms with van der Waals surface area (Å²) < 4.78 is 0. The summed E-state index contributed by atoms with van der Waals surface area (Å²) >= 11 is 6.15. The molecule has 1 fully saturated rings. The van der Waals surface area contributed by atoms with Crippen LogP contribution < -0.4 is 10.6 Å². The maximum Gasteiger partial charge on any atom is 0.224 e. The number of aromatic nitrogens is 2. The molecule has 2 rings (SSSR count). The van der Waals surface area contributed by atoms with Gasteiger partial charge in [0.05, 0.1) is 6.20 Å². The molecule has 2 N–H and O–H groups in total. The normalized spacial score (nSPS) is 19.2. The van der Waals surface area contributed by atoms with Gasteiger partial charge in [-0.2, -0.15) is 4.98 Å². The van der Waals surface area contributed by atoms with E-state index in [-0.39, 0.29) is 0 Å². The molecule has 1 aliphatic heterocycles. The van der Waals surface area contributed by atoms with Crippen LogP contribution in [-0.2, 0) is 0 Å². The highest BCUT2D eigenvalue weighted by Gasteiger charge is 2.21. The van der Waals surface area contributed by atoms with Gasteiger partial charge in [-0.1, -0.05) is 25.4 Å². The SMILES string of the molecule is CCCNc1ncc(Cl)c(NCC2CCN(CC)C2)n1. The molecule has 5 nitrogen and oxygen atoms in total. The van der Waals surface area contributed by atoms with Crippen molar-refractivity contribution in [3.05, 3.63) is 11.2 Å². The van der Waals surface area contributed by atoms with E-state index in [1.165, 1.54) is 13.0 Å². The van der Waals surface area contributed by atoms with Crippen LogP contribution in [0.5, 0.6) is 0 Å². The van der Waals surface area contributed by atoms with E-state index in [9.17, 15) is 0 Å². The number of nitrogens with zero attached hydrogens (tertiary/aromatic N) is 3. The van der Waals surface area contributed by atoms with Gasteiger partial charge in [0.1, 0.15) is 10.8 Å². The third kappa shape index (κ3) is 4.21. The Balaban J connectivity index is 1.88. The molecule has 112 valence electrons. The summed E-state index contributed by atoms with van der Waals surface area (Å²) in [5.74, 6) is 2.05. The maximum atomic E-state index is 6.15. The van der Waals surface area contributed by atoms with Crippen LogP contribution >= 0.6 is 11.6 Å².